The molecule has 0 bridgehead atoms. The number of Topliss-reactive ketones (excluding diaryl/α,β-unsaturated/α-hetero) is 1. The zero-order valence-corrected chi connectivity index (χ0v) is 10.2. The normalized spacial score (nSPS) is 32.6. The van der Waals surface area contributed by atoms with Crippen LogP contribution in [0, 0.1) is 17.8 Å². The minimum absolute atomic E-state index is 0.107. The monoisotopic (exact) mass is 224 g/mol. The number of hydrogen-bond acceptors (Lipinski definition) is 2. The van der Waals surface area contributed by atoms with Crippen LogP contribution in [0.4, 0.5) is 0 Å². The third kappa shape index (κ3) is 2.65. The Morgan fingerprint density at radius 3 is 2.25 bits per heavy atom. The van der Waals surface area contributed by atoms with Gasteiger partial charge in [-0.1, -0.05) is 44.9 Å². The number of carbonyl (C=O) groups excluding carboxylic acids is 1. The fourth-order valence-corrected chi connectivity index (χ4v) is 3.80. The lowest BCUT2D eigenvalue weighted by Gasteiger charge is -2.38. The average Bonchev–Trinajstić information content (AvgIpc) is 2.39. The second-order valence-electron chi connectivity index (χ2n) is 5.58. The number of carbonyl (C=O) groups is 1. The summed E-state index contributed by atoms with van der Waals surface area (Å²) in [6.45, 7) is -0.242. The predicted molar refractivity (Wildman–Crippen MR) is 64.1 cm³/mol. The quantitative estimate of drug-likeness (QED) is 0.800. The smallest absolute Gasteiger partial charge is 0.161 e. The summed E-state index contributed by atoms with van der Waals surface area (Å²) < 4.78 is 0. The van der Waals surface area contributed by atoms with E-state index in [1.807, 2.05) is 0 Å². The van der Waals surface area contributed by atoms with E-state index in [0.717, 1.165) is 12.3 Å². The molecule has 2 saturated carbocycles. The second kappa shape index (κ2) is 5.81. The third-order valence-electron chi connectivity index (χ3n) is 4.64. The molecule has 2 fully saturated rings. The molecular formula is C14H24O2. The molecule has 1 N–H and O–H groups in total. The van der Waals surface area contributed by atoms with Crippen LogP contribution in [-0.4, -0.2) is 17.5 Å². The summed E-state index contributed by atoms with van der Waals surface area (Å²) in [5.41, 5.74) is 0. The van der Waals surface area contributed by atoms with Crippen LogP contribution in [0.2, 0.25) is 0 Å². The highest BCUT2D eigenvalue weighted by molar-refractivity contribution is 5.82. The van der Waals surface area contributed by atoms with Crippen molar-refractivity contribution < 1.29 is 9.90 Å². The minimum atomic E-state index is -0.242. The van der Waals surface area contributed by atoms with Crippen molar-refractivity contribution in [3.8, 4) is 0 Å². The largest absolute Gasteiger partial charge is 0.389 e. The summed E-state index contributed by atoms with van der Waals surface area (Å²) in [4.78, 5) is 11.8. The summed E-state index contributed by atoms with van der Waals surface area (Å²) in [5.74, 6) is 1.65. The zero-order chi connectivity index (χ0) is 11.4. The van der Waals surface area contributed by atoms with Crippen molar-refractivity contribution in [2.75, 3.05) is 6.61 Å². The Kier molecular flexibility index (Phi) is 4.39. The second-order valence-corrected chi connectivity index (χ2v) is 5.58. The fraction of sp³-hybridized carbons (Fsp3) is 0.929. The first-order valence-corrected chi connectivity index (χ1v) is 6.96. The molecule has 2 heteroatoms. The van der Waals surface area contributed by atoms with Crippen molar-refractivity contribution in [3.63, 3.8) is 0 Å². The SMILES string of the molecule is O=C(CO)C1CCCCC1C1CCCCC1. The molecule has 0 aliphatic heterocycles. The zero-order valence-electron chi connectivity index (χ0n) is 10.2. The summed E-state index contributed by atoms with van der Waals surface area (Å²) >= 11 is 0. The van der Waals surface area contributed by atoms with Gasteiger partial charge in [-0.05, 0) is 24.7 Å². The lowest BCUT2D eigenvalue weighted by molar-refractivity contribution is -0.129. The topological polar surface area (TPSA) is 37.3 Å². The Labute approximate surface area is 98.4 Å². The van der Waals surface area contributed by atoms with E-state index in [1.165, 1.54) is 51.4 Å². The maximum Gasteiger partial charge on any atom is 0.161 e. The molecule has 2 unspecified atom stereocenters. The first kappa shape index (κ1) is 12.1. The van der Waals surface area contributed by atoms with Gasteiger partial charge in [0.1, 0.15) is 6.61 Å². The van der Waals surface area contributed by atoms with E-state index in [9.17, 15) is 4.79 Å². The molecule has 92 valence electrons. The Bertz CT molecular complexity index is 231. The minimum Gasteiger partial charge on any atom is -0.389 e. The van der Waals surface area contributed by atoms with Gasteiger partial charge < -0.3 is 5.11 Å². The molecule has 0 aromatic carbocycles. The van der Waals surface area contributed by atoms with E-state index in [0.29, 0.717) is 5.92 Å². The van der Waals surface area contributed by atoms with Gasteiger partial charge in [0.25, 0.3) is 0 Å². The molecule has 2 atom stereocenters. The van der Waals surface area contributed by atoms with Crippen LogP contribution in [0.25, 0.3) is 0 Å². The summed E-state index contributed by atoms with van der Waals surface area (Å²) in [7, 11) is 0. The highest BCUT2D eigenvalue weighted by Crippen LogP contribution is 2.41. The number of rotatable bonds is 3. The van der Waals surface area contributed by atoms with Crippen LogP contribution >= 0.6 is 0 Å². The maximum atomic E-state index is 11.8. The standard InChI is InChI=1S/C14H24O2/c15-10-14(16)13-9-5-4-8-12(13)11-6-2-1-3-7-11/h11-13,15H,1-10H2. The van der Waals surface area contributed by atoms with Crippen molar-refractivity contribution in [3.05, 3.63) is 0 Å². The number of ketones is 1. The van der Waals surface area contributed by atoms with E-state index in [-0.39, 0.29) is 18.3 Å². The Balaban J connectivity index is 2.00. The summed E-state index contributed by atoms with van der Waals surface area (Å²) in [6.07, 6.45) is 11.4. The molecule has 2 aliphatic rings. The van der Waals surface area contributed by atoms with Crippen LogP contribution < -0.4 is 0 Å². The predicted octanol–water partition coefficient (Wildman–Crippen LogP) is 2.93. The Morgan fingerprint density at radius 2 is 1.56 bits per heavy atom. The molecule has 2 nitrogen and oxygen atoms in total. The highest BCUT2D eigenvalue weighted by Gasteiger charge is 2.35. The lowest BCUT2D eigenvalue weighted by atomic mass is 9.67. The number of hydrogen-bond donors (Lipinski definition) is 1. The molecule has 0 aromatic rings. The van der Waals surface area contributed by atoms with Crippen molar-refractivity contribution in [2.24, 2.45) is 17.8 Å². The Hall–Kier alpha value is -0.370. The van der Waals surface area contributed by atoms with Crippen LogP contribution in [0.15, 0.2) is 0 Å². The van der Waals surface area contributed by atoms with Crippen LogP contribution in [0.5, 0.6) is 0 Å². The van der Waals surface area contributed by atoms with Crippen LogP contribution in [-0.2, 0) is 4.79 Å². The number of aliphatic hydroxyl groups excluding tert-OH is 1. The summed E-state index contributed by atoms with van der Waals surface area (Å²) in [6, 6.07) is 0. The van der Waals surface area contributed by atoms with Gasteiger partial charge in [-0.2, -0.15) is 0 Å². The van der Waals surface area contributed by atoms with Crippen molar-refractivity contribution >= 4 is 5.78 Å². The van der Waals surface area contributed by atoms with Gasteiger partial charge in [0.2, 0.25) is 0 Å². The molecule has 16 heavy (non-hydrogen) atoms. The van der Waals surface area contributed by atoms with Crippen molar-refractivity contribution in [2.45, 2.75) is 57.8 Å². The van der Waals surface area contributed by atoms with Gasteiger partial charge in [-0.15, -0.1) is 0 Å². The van der Waals surface area contributed by atoms with E-state index in [1.54, 1.807) is 0 Å². The van der Waals surface area contributed by atoms with E-state index >= 15 is 0 Å². The van der Waals surface area contributed by atoms with Crippen molar-refractivity contribution in [1.29, 1.82) is 0 Å². The van der Waals surface area contributed by atoms with Gasteiger partial charge in [-0.25, -0.2) is 0 Å². The highest BCUT2D eigenvalue weighted by atomic mass is 16.3. The molecule has 0 radical (unpaired) electrons. The third-order valence-corrected chi connectivity index (χ3v) is 4.64. The van der Waals surface area contributed by atoms with E-state index < -0.39 is 0 Å². The number of aliphatic hydroxyl groups is 1. The average molecular weight is 224 g/mol. The van der Waals surface area contributed by atoms with Gasteiger partial charge in [0.15, 0.2) is 5.78 Å². The van der Waals surface area contributed by atoms with Crippen LogP contribution in [0.1, 0.15) is 57.8 Å². The van der Waals surface area contributed by atoms with E-state index in [4.69, 9.17) is 5.11 Å². The molecule has 2 aliphatic carbocycles. The molecule has 0 aromatic heterocycles. The van der Waals surface area contributed by atoms with Gasteiger partial charge >= 0.3 is 0 Å². The maximum absolute atomic E-state index is 11.8. The molecule has 0 saturated heterocycles. The van der Waals surface area contributed by atoms with Gasteiger partial charge in [0.05, 0.1) is 0 Å². The van der Waals surface area contributed by atoms with Crippen LogP contribution in [0.3, 0.4) is 0 Å². The first-order valence-electron chi connectivity index (χ1n) is 6.96. The molecular weight excluding hydrogens is 200 g/mol. The van der Waals surface area contributed by atoms with Gasteiger partial charge in [-0.3, -0.25) is 4.79 Å². The van der Waals surface area contributed by atoms with Crippen molar-refractivity contribution in [1.82, 2.24) is 0 Å². The summed E-state index contributed by atoms with van der Waals surface area (Å²) in [5, 5.41) is 9.05. The Morgan fingerprint density at radius 1 is 0.938 bits per heavy atom. The lowest BCUT2D eigenvalue weighted by Crippen LogP contribution is -2.34. The molecule has 2 rings (SSSR count). The van der Waals surface area contributed by atoms with Gasteiger partial charge in [0, 0.05) is 5.92 Å². The first-order chi connectivity index (χ1) is 7.83. The van der Waals surface area contributed by atoms with E-state index in [2.05, 4.69) is 0 Å². The fourth-order valence-electron chi connectivity index (χ4n) is 3.80. The molecule has 0 amide bonds. The molecule has 0 heterocycles. The molecule has 0 spiro atoms.